The zero-order valence-electron chi connectivity index (χ0n) is 5.79. The second-order valence-electron chi connectivity index (χ2n) is 2.01. The molecule has 0 aliphatic heterocycles. The summed E-state index contributed by atoms with van der Waals surface area (Å²) in [5, 5.41) is 0. The first-order valence-corrected chi connectivity index (χ1v) is 4.43. The fraction of sp³-hybridized carbons (Fsp3) is 0. The molecule has 0 saturated heterocycles. The molecule has 0 saturated carbocycles. The van der Waals surface area contributed by atoms with Gasteiger partial charge in [0.05, 0.1) is 0 Å². The molecule has 3 nitrogen and oxygen atoms in total. The summed E-state index contributed by atoms with van der Waals surface area (Å²) in [4.78, 5) is -0.171. The van der Waals surface area contributed by atoms with Gasteiger partial charge in [0.25, 0.3) is 10.0 Å². The van der Waals surface area contributed by atoms with Crippen molar-refractivity contribution in [1.82, 2.24) is 4.94 Å². The second kappa shape index (κ2) is 3.16. The molecular weight excluding hydrogens is 188 g/mol. The van der Waals surface area contributed by atoms with Gasteiger partial charge >= 0.3 is 0 Å². The van der Waals surface area contributed by atoms with Crippen LogP contribution in [-0.4, -0.2) is 8.42 Å². The van der Waals surface area contributed by atoms with Crippen LogP contribution in [0.25, 0.3) is 0 Å². The summed E-state index contributed by atoms with van der Waals surface area (Å²) in [7, 11) is -4.32. The molecule has 66 valence electrons. The molecule has 0 aromatic heterocycles. The van der Waals surface area contributed by atoms with Crippen LogP contribution in [0.15, 0.2) is 29.2 Å². The molecule has 0 atom stereocenters. The van der Waals surface area contributed by atoms with Gasteiger partial charge < -0.3 is 0 Å². The predicted molar refractivity (Wildman–Crippen MR) is 37.8 cm³/mol. The SMILES string of the molecule is O=S(=O)(NF)c1ccccc1F. The van der Waals surface area contributed by atoms with Crippen molar-refractivity contribution < 1.29 is 17.3 Å². The molecule has 0 radical (unpaired) electrons. The summed E-state index contributed by atoms with van der Waals surface area (Å²) in [5.41, 5.74) is 0. The highest BCUT2D eigenvalue weighted by atomic mass is 32.2. The normalized spacial score (nSPS) is 11.5. The topological polar surface area (TPSA) is 46.2 Å². The van der Waals surface area contributed by atoms with Crippen molar-refractivity contribution in [3.05, 3.63) is 30.1 Å². The van der Waals surface area contributed by atoms with E-state index in [0.29, 0.717) is 4.94 Å². The lowest BCUT2D eigenvalue weighted by atomic mass is 10.4. The van der Waals surface area contributed by atoms with Crippen LogP contribution in [0.3, 0.4) is 0 Å². The largest absolute Gasteiger partial charge is 0.269 e. The maximum absolute atomic E-state index is 12.7. The van der Waals surface area contributed by atoms with Crippen molar-refractivity contribution in [3.63, 3.8) is 0 Å². The first kappa shape index (κ1) is 9.08. The number of benzene rings is 1. The average Bonchev–Trinajstić information content (AvgIpc) is 2.05. The number of hydrogen-bond acceptors (Lipinski definition) is 2. The van der Waals surface area contributed by atoms with Crippen molar-refractivity contribution in [2.75, 3.05) is 0 Å². The molecule has 1 aromatic carbocycles. The maximum Gasteiger partial charge on any atom is 0.269 e. The highest BCUT2D eigenvalue weighted by molar-refractivity contribution is 7.89. The Morgan fingerprint density at radius 3 is 2.33 bits per heavy atom. The fourth-order valence-electron chi connectivity index (χ4n) is 0.704. The summed E-state index contributed by atoms with van der Waals surface area (Å²) in [5.74, 6) is -0.984. The van der Waals surface area contributed by atoms with E-state index in [1.165, 1.54) is 12.1 Å². The van der Waals surface area contributed by atoms with Crippen molar-refractivity contribution >= 4 is 10.0 Å². The van der Waals surface area contributed by atoms with Crippen LogP contribution >= 0.6 is 0 Å². The first-order chi connectivity index (χ1) is 5.58. The van der Waals surface area contributed by atoms with E-state index in [1.807, 2.05) is 0 Å². The molecule has 0 unspecified atom stereocenters. The molecule has 0 aliphatic carbocycles. The molecule has 12 heavy (non-hydrogen) atoms. The smallest absolute Gasteiger partial charge is 0.206 e. The van der Waals surface area contributed by atoms with Gasteiger partial charge in [-0.3, -0.25) is 0 Å². The van der Waals surface area contributed by atoms with Crippen LogP contribution in [0.1, 0.15) is 0 Å². The van der Waals surface area contributed by atoms with Gasteiger partial charge in [0.2, 0.25) is 0 Å². The predicted octanol–water partition coefficient (Wildman–Crippen LogP) is 0.989. The van der Waals surface area contributed by atoms with Gasteiger partial charge in [-0.2, -0.15) is 0 Å². The van der Waals surface area contributed by atoms with Crippen molar-refractivity contribution in [1.29, 1.82) is 0 Å². The Balaban J connectivity index is 3.30. The van der Waals surface area contributed by atoms with Gasteiger partial charge in [0.1, 0.15) is 10.7 Å². The van der Waals surface area contributed by atoms with Crippen LogP contribution in [0, 0.1) is 5.82 Å². The van der Waals surface area contributed by atoms with Crippen molar-refractivity contribution in [2.24, 2.45) is 0 Å². The summed E-state index contributed by atoms with van der Waals surface area (Å²) in [6, 6.07) is 4.52. The van der Waals surface area contributed by atoms with Gasteiger partial charge in [-0.25, -0.2) is 12.8 Å². The van der Waals surface area contributed by atoms with Gasteiger partial charge in [0, 0.05) is 0 Å². The molecule has 0 fully saturated rings. The lowest BCUT2D eigenvalue weighted by Gasteiger charge is -1.99. The Bertz CT molecular complexity index is 377. The first-order valence-electron chi connectivity index (χ1n) is 2.95. The number of halogens is 2. The monoisotopic (exact) mass is 193 g/mol. The average molecular weight is 193 g/mol. The number of hydrogen-bond donors (Lipinski definition) is 1. The minimum atomic E-state index is -4.32. The van der Waals surface area contributed by atoms with Crippen LogP contribution in [0.5, 0.6) is 0 Å². The molecular formula is C6H5F2NO2S. The fourth-order valence-corrected chi connectivity index (χ4v) is 1.37. The van der Waals surface area contributed by atoms with Gasteiger partial charge in [0.15, 0.2) is 0 Å². The van der Waals surface area contributed by atoms with Gasteiger partial charge in [-0.05, 0) is 17.1 Å². The Labute approximate surface area is 68.0 Å². The Morgan fingerprint density at radius 1 is 1.25 bits per heavy atom. The summed E-state index contributed by atoms with van der Waals surface area (Å²) in [6.07, 6.45) is 0. The van der Waals surface area contributed by atoms with Crippen LogP contribution in [-0.2, 0) is 10.0 Å². The Kier molecular flexibility index (Phi) is 2.39. The van der Waals surface area contributed by atoms with E-state index >= 15 is 0 Å². The lowest BCUT2D eigenvalue weighted by Crippen LogP contribution is -2.15. The number of nitrogens with one attached hydrogen (secondary N) is 1. The summed E-state index contributed by atoms with van der Waals surface area (Å²) < 4.78 is 45.7. The molecule has 1 aromatic rings. The van der Waals surface area contributed by atoms with Gasteiger partial charge in [-0.15, -0.1) is 4.48 Å². The molecule has 0 heterocycles. The van der Waals surface area contributed by atoms with E-state index in [0.717, 1.165) is 12.1 Å². The zero-order valence-corrected chi connectivity index (χ0v) is 6.61. The molecule has 0 bridgehead atoms. The van der Waals surface area contributed by atoms with Crippen LogP contribution < -0.4 is 4.94 Å². The highest BCUT2D eigenvalue weighted by Gasteiger charge is 2.17. The van der Waals surface area contributed by atoms with Crippen molar-refractivity contribution in [2.45, 2.75) is 4.90 Å². The molecule has 0 spiro atoms. The van der Waals surface area contributed by atoms with Gasteiger partial charge in [-0.1, -0.05) is 12.1 Å². The van der Waals surface area contributed by atoms with Crippen molar-refractivity contribution in [3.8, 4) is 0 Å². The van der Waals surface area contributed by atoms with E-state index in [4.69, 9.17) is 0 Å². The highest BCUT2D eigenvalue weighted by Crippen LogP contribution is 2.12. The third kappa shape index (κ3) is 1.59. The molecule has 1 N–H and O–H groups in total. The standard InChI is InChI=1S/C6H5F2NO2S/c7-5-3-1-2-4-6(5)12(10,11)9-8/h1-4,9H. The third-order valence-corrected chi connectivity index (χ3v) is 2.34. The maximum atomic E-state index is 12.7. The Hall–Kier alpha value is -1.01. The van der Waals surface area contributed by atoms with Crippen LogP contribution in [0.2, 0.25) is 0 Å². The number of rotatable bonds is 2. The third-order valence-electron chi connectivity index (χ3n) is 1.23. The van der Waals surface area contributed by atoms with E-state index < -0.39 is 20.7 Å². The quantitative estimate of drug-likeness (QED) is 0.712. The van der Waals surface area contributed by atoms with E-state index in [2.05, 4.69) is 0 Å². The minimum absolute atomic E-state index is 0.531. The molecule has 0 amide bonds. The summed E-state index contributed by atoms with van der Waals surface area (Å²) >= 11 is 0. The molecule has 6 heteroatoms. The molecule has 0 aliphatic rings. The van der Waals surface area contributed by atoms with E-state index in [1.54, 1.807) is 0 Å². The Morgan fingerprint density at radius 2 is 1.83 bits per heavy atom. The zero-order chi connectivity index (χ0) is 9.19. The van der Waals surface area contributed by atoms with E-state index in [9.17, 15) is 17.3 Å². The molecule has 1 rings (SSSR count). The van der Waals surface area contributed by atoms with E-state index in [-0.39, 0.29) is 0 Å². The van der Waals surface area contributed by atoms with Crippen LogP contribution in [0.4, 0.5) is 8.87 Å². The number of sulfonamides is 1. The minimum Gasteiger partial charge on any atom is -0.206 e. The lowest BCUT2D eigenvalue weighted by molar-refractivity contribution is 0.422. The second-order valence-corrected chi connectivity index (χ2v) is 3.61. The summed E-state index contributed by atoms with van der Waals surface area (Å²) in [6.45, 7) is 0.